The first kappa shape index (κ1) is 18.8. The summed E-state index contributed by atoms with van der Waals surface area (Å²) in [6.45, 7) is 1.67. The Hall–Kier alpha value is -3.95. The van der Waals surface area contributed by atoms with Crippen molar-refractivity contribution < 1.29 is 19.1 Å². The Morgan fingerprint density at radius 3 is 2.43 bits per heavy atom. The maximum Gasteiger partial charge on any atom is 0.340 e. The number of hydrogen-bond acceptors (Lipinski definition) is 8. The SMILES string of the molecule is COC(=O)c1cc(=O)oc(O)c1N=Nc1c(C)n(C)n(-c2ccccc2)c1=O. The third-order valence-electron chi connectivity index (χ3n) is 4.10. The molecule has 1 N–H and O–H groups in total. The minimum Gasteiger partial charge on any atom is -0.479 e. The van der Waals surface area contributed by atoms with Crippen molar-refractivity contribution in [1.29, 1.82) is 0 Å². The highest BCUT2D eigenvalue weighted by atomic mass is 16.5. The van der Waals surface area contributed by atoms with Crippen LogP contribution in [-0.4, -0.2) is 27.5 Å². The number of nitrogens with zero attached hydrogens (tertiary/aromatic N) is 4. The van der Waals surface area contributed by atoms with Gasteiger partial charge in [0.15, 0.2) is 11.4 Å². The summed E-state index contributed by atoms with van der Waals surface area (Å²) in [5.41, 5.74) is -1.05. The van der Waals surface area contributed by atoms with Crippen molar-refractivity contribution in [2.45, 2.75) is 6.92 Å². The minimum atomic E-state index is -0.959. The molecule has 0 bridgehead atoms. The van der Waals surface area contributed by atoms with Crippen LogP contribution in [0, 0.1) is 6.92 Å². The first-order chi connectivity index (χ1) is 13.3. The van der Waals surface area contributed by atoms with E-state index in [4.69, 9.17) is 0 Å². The van der Waals surface area contributed by atoms with Crippen LogP contribution < -0.4 is 11.2 Å². The van der Waals surface area contributed by atoms with Crippen LogP contribution in [0.5, 0.6) is 5.95 Å². The number of para-hydroxylation sites is 1. The Kier molecular flexibility index (Phi) is 4.94. The molecule has 10 heteroatoms. The molecular weight excluding hydrogens is 368 g/mol. The van der Waals surface area contributed by atoms with Gasteiger partial charge in [0.05, 0.1) is 18.5 Å². The molecule has 3 rings (SSSR count). The van der Waals surface area contributed by atoms with Crippen LogP contribution in [0.2, 0.25) is 0 Å². The Morgan fingerprint density at radius 2 is 1.79 bits per heavy atom. The van der Waals surface area contributed by atoms with E-state index in [1.165, 1.54) is 4.68 Å². The van der Waals surface area contributed by atoms with E-state index in [0.717, 1.165) is 13.2 Å². The summed E-state index contributed by atoms with van der Waals surface area (Å²) in [7, 11) is 2.79. The van der Waals surface area contributed by atoms with Gasteiger partial charge in [-0.3, -0.25) is 9.48 Å². The predicted octanol–water partition coefficient (Wildman–Crippen LogP) is 2.35. The van der Waals surface area contributed by atoms with E-state index in [1.54, 1.807) is 42.9 Å². The minimum absolute atomic E-state index is 0.00670. The fourth-order valence-corrected chi connectivity index (χ4v) is 2.61. The smallest absolute Gasteiger partial charge is 0.340 e. The van der Waals surface area contributed by atoms with Gasteiger partial charge in [0, 0.05) is 13.1 Å². The molecule has 10 nitrogen and oxygen atoms in total. The molecule has 0 unspecified atom stereocenters. The topological polar surface area (TPSA) is 128 Å². The second-order valence-corrected chi connectivity index (χ2v) is 5.73. The number of hydrogen-bond donors (Lipinski definition) is 1. The zero-order chi connectivity index (χ0) is 20.4. The van der Waals surface area contributed by atoms with Crippen molar-refractivity contribution >= 4 is 17.3 Å². The summed E-state index contributed by atoms with van der Waals surface area (Å²) in [4.78, 5) is 36.1. The molecule has 1 aromatic carbocycles. The predicted molar refractivity (Wildman–Crippen MR) is 97.9 cm³/mol. The first-order valence-corrected chi connectivity index (χ1v) is 8.06. The van der Waals surface area contributed by atoms with Gasteiger partial charge in [-0.15, -0.1) is 10.2 Å². The molecule has 0 aliphatic rings. The second-order valence-electron chi connectivity index (χ2n) is 5.73. The number of ether oxygens (including phenoxy) is 1. The van der Waals surface area contributed by atoms with E-state index >= 15 is 0 Å². The lowest BCUT2D eigenvalue weighted by Crippen LogP contribution is -2.19. The molecule has 0 spiro atoms. The molecule has 2 aromatic heterocycles. The average Bonchev–Trinajstić information content (AvgIpc) is 2.89. The van der Waals surface area contributed by atoms with Crippen LogP contribution in [-0.2, 0) is 11.8 Å². The van der Waals surface area contributed by atoms with Gasteiger partial charge >= 0.3 is 17.5 Å². The maximum absolute atomic E-state index is 12.8. The van der Waals surface area contributed by atoms with E-state index in [2.05, 4.69) is 19.4 Å². The maximum atomic E-state index is 12.8. The number of benzene rings is 1. The van der Waals surface area contributed by atoms with E-state index in [0.29, 0.717) is 11.4 Å². The van der Waals surface area contributed by atoms with Crippen molar-refractivity contribution in [3.8, 4) is 11.6 Å². The van der Waals surface area contributed by atoms with Gasteiger partial charge in [-0.05, 0) is 19.1 Å². The molecule has 0 fully saturated rings. The van der Waals surface area contributed by atoms with E-state index < -0.39 is 28.8 Å². The fraction of sp³-hybridized carbons (Fsp3) is 0.167. The largest absolute Gasteiger partial charge is 0.479 e. The number of methoxy groups -OCH3 is 1. The van der Waals surface area contributed by atoms with Gasteiger partial charge < -0.3 is 14.3 Å². The number of aromatic nitrogens is 2. The molecule has 0 aliphatic heterocycles. The molecule has 2 heterocycles. The summed E-state index contributed by atoms with van der Waals surface area (Å²) in [6, 6.07) is 9.74. The molecule has 28 heavy (non-hydrogen) atoms. The van der Waals surface area contributed by atoms with Gasteiger partial charge in [-0.1, -0.05) is 18.2 Å². The molecule has 0 saturated heterocycles. The van der Waals surface area contributed by atoms with Crippen LogP contribution >= 0.6 is 0 Å². The van der Waals surface area contributed by atoms with Crippen LogP contribution in [0.25, 0.3) is 5.69 Å². The quantitative estimate of drug-likeness (QED) is 0.543. The normalized spacial score (nSPS) is 11.1. The summed E-state index contributed by atoms with van der Waals surface area (Å²) in [5.74, 6) is -1.82. The zero-order valence-corrected chi connectivity index (χ0v) is 15.2. The van der Waals surface area contributed by atoms with Crippen LogP contribution in [0.3, 0.4) is 0 Å². The average molecular weight is 384 g/mol. The molecule has 0 aliphatic carbocycles. The Bertz CT molecular complexity index is 1190. The van der Waals surface area contributed by atoms with Crippen molar-refractivity contribution in [3.05, 3.63) is 68.4 Å². The number of carbonyl (C=O) groups is 1. The third-order valence-corrected chi connectivity index (χ3v) is 4.10. The zero-order valence-electron chi connectivity index (χ0n) is 15.2. The van der Waals surface area contributed by atoms with Gasteiger partial charge in [0.2, 0.25) is 0 Å². The first-order valence-electron chi connectivity index (χ1n) is 8.06. The van der Waals surface area contributed by atoms with Crippen molar-refractivity contribution in [2.24, 2.45) is 17.3 Å². The summed E-state index contributed by atoms with van der Waals surface area (Å²) in [6.07, 6.45) is 0. The fourth-order valence-electron chi connectivity index (χ4n) is 2.61. The molecule has 3 aromatic rings. The second kappa shape index (κ2) is 7.35. The Balaban J connectivity index is 2.14. The lowest BCUT2D eigenvalue weighted by molar-refractivity contribution is 0.0599. The van der Waals surface area contributed by atoms with Gasteiger partial charge in [-0.25, -0.2) is 14.3 Å². The third kappa shape index (κ3) is 3.22. The molecule has 0 atom stereocenters. The van der Waals surface area contributed by atoms with Gasteiger partial charge in [-0.2, -0.15) is 0 Å². The van der Waals surface area contributed by atoms with E-state index in [1.807, 2.05) is 6.07 Å². The number of carbonyl (C=O) groups excluding carboxylic acids is 1. The summed E-state index contributed by atoms with van der Waals surface area (Å²) < 4.78 is 12.1. The van der Waals surface area contributed by atoms with Crippen molar-refractivity contribution in [1.82, 2.24) is 9.36 Å². The summed E-state index contributed by atoms with van der Waals surface area (Å²) >= 11 is 0. The number of esters is 1. The van der Waals surface area contributed by atoms with Crippen LogP contribution in [0.1, 0.15) is 16.1 Å². The monoisotopic (exact) mass is 384 g/mol. The number of azo groups is 1. The van der Waals surface area contributed by atoms with Crippen molar-refractivity contribution in [3.63, 3.8) is 0 Å². The van der Waals surface area contributed by atoms with E-state index in [-0.39, 0.29) is 11.3 Å². The lowest BCUT2D eigenvalue weighted by atomic mass is 10.2. The number of aromatic hydroxyl groups is 1. The molecule has 144 valence electrons. The summed E-state index contributed by atoms with van der Waals surface area (Å²) in [5, 5.41) is 17.5. The van der Waals surface area contributed by atoms with Gasteiger partial charge in [0.25, 0.3) is 5.56 Å². The van der Waals surface area contributed by atoms with Gasteiger partial charge in [0.1, 0.15) is 5.56 Å². The molecular formula is C18H16N4O6. The van der Waals surface area contributed by atoms with Crippen LogP contribution in [0.4, 0.5) is 11.4 Å². The molecule has 0 amide bonds. The Labute approximate surface area is 157 Å². The van der Waals surface area contributed by atoms with Crippen molar-refractivity contribution in [2.75, 3.05) is 7.11 Å². The van der Waals surface area contributed by atoms with Crippen LogP contribution in [0.15, 0.2) is 60.6 Å². The molecule has 0 radical (unpaired) electrons. The Morgan fingerprint density at radius 1 is 1.14 bits per heavy atom. The van der Waals surface area contributed by atoms with E-state index in [9.17, 15) is 19.5 Å². The highest BCUT2D eigenvalue weighted by molar-refractivity contribution is 5.95. The number of rotatable bonds is 4. The lowest BCUT2D eigenvalue weighted by Gasteiger charge is -2.07. The molecule has 0 saturated carbocycles. The standard InChI is InChI=1S/C18H16N4O6/c1-10-14(16(24)22(21(10)2)11-7-5-4-6-8-11)19-20-15-12(17(25)27-3)9-13(23)28-18(15)26/h4-9,26H,1-3H3. The highest BCUT2D eigenvalue weighted by Crippen LogP contribution is 2.31. The highest BCUT2D eigenvalue weighted by Gasteiger charge is 2.21.